The predicted octanol–water partition coefficient (Wildman–Crippen LogP) is 6.22. The molecular weight excluding hydrogens is 448 g/mol. The van der Waals surface area contributed by atoms with E-state index in [1.807, 2.05) is 13.0 Å². The van der Waals surface area contributed by atoms with Crippen LogP contribution >= 0.6 is 0 Å². The number of aliphatic hydroxyl groups excluding tert-OH is 3. The Morgan fingerprint density at radius 1 is 1.17 bits per heavy atom. The van der Waals surface area contributed by atoms with Crippen LogP contribution < -0.4 is 0 Å². The minimum atomic E-state index is -0.643. The third kappa shape index (κ3) is 5.66. The van der Waals surface area contributed by atoms with Crippen LogP contribution in [0.3, 0.4) is 0 Å². The van der Waals surface area contributed by atoms with E-state index < -0.39 is 18.3 Å². The number of fused-ring (bicyclic) bond motifs is 1. The van der Waals surface area contributed by atoms with Crippen LogP contribution in [-0.2, 0) is 4.79 Å². The Morgan fingerprint density at radius 3 is 2.61 bits per heavy atom. The molecule has 0 unspecified atom stereocenters. The number of carbonyl (C=O) groups is 1. The predicted molar refractivity (Wildman–Crippen MR) is 145 cm³/mol. The average Bonchev–Trinajstić information content (AvgIpc) is 3.56. The van der Waals surface area contributed by atoms with Gasteiger partial charge in [0.2, 0.25) is 0 Å². The molecule has 4 aliphatic rings. The smallest absolute Gasteiger partial charge is 0.138 e. The number of allylic oxidation sites excluding steroid dienone is 4. The fourth-order valence-electron chi connectivity index (χ4n) is 7.76. The number of hydrogen-bond acceptors (Lipinski definition) is 4. The van der Waals surface area contributed by atoms with Gasteiger partial charge in [0.1, 0.15) is 5.78 Å². The third-order valence-electron chi connectivity index (χ3n) is 10.3. The maximum absolute atomic E-state index is 12.2. The van der Waals surface area contributed by atoms with Crippen molar-refractivity contribution in [1.29, 1.82) is 0 Å². The van der Waals surface area contributed by atoms with Crippen LogP contribution in [0.1, 0.15) is 97.8 Å². The van der Waals surface area contributed by atoms with Crippen molar-refractivity contribution < 1.29 is 20.1 Å². The molecule has 0 radical (unpaired) electrons. The summed E-state index contributed by atoms with van der Waals surface area (Å²) in [5.74, 6) is 1.93. The van der Waals surface area contributed by atoms with Crippen molar-refractivity contribution in [2.24, 2.45) is 28.6 Å². The molecule has 0 bridgehead atoms. The molecule has 0 aromatic heterocycles. The Balaban J connectivity index is 1.38. The second kappa shape index (κ2) is 11.1. The molecule has 0 saturated heterocycles. The molecule has 4 aliphatic carbocycles. The van der Waals surface area contributed by atoms with Crippen LogP contribution in [0.4, 0.5) is 0 Å². The molecule has 0 aromatic carbocycles. The number of Topliss-reactive ketones (excluding diaryl/α,β-unsaturated/α-hetero) is 1. The van der Waals surface area contributed by atoms with Gasteiger partial charge in [-0.2, -0.15) is 0 Å². The highest BCUT2D eigenvalue weighted by Crippen LogP contribution is 2.59. The fourth-order valence-corrected chi connectivity index (χ4v) is 7.76. The minimum Gasteiger partial charge on any atom is -0.393 e. The van der Waals surface area contributed by atoms with Gasteiger partial charge in [0.25, 0.3) is 0 Å². The Hall–Kier alpha value is -1.49. The molecule has 0 aliphatic heterocycles. The third-order valence-corrected chi connectivity index (χ3v) is 10.3. The molecule has 0 spiro atoms. The van der Waals surface area contributed by atoms with E-state index in [0.29, 0.717) is 49.2 Å². The van der Waals surface area contributed by atoms with Crippen molar-refractivity contribution in [2.45, 2.75) is 116 Å². The first-order chi connectivity index (χ1) is 17.1. The fraction of sp³-hybridized carbons (Fsp3) is 0.719. The highest BCUT2D eigenvalue weighted by molar-refractivity contribution is 5.87. The molecule has 0 heterocycles. The number of hydrogen-bond donors (Lipinski definition) is 3. The van der Waals surface area contributed by atoms with Gasteiger partial charge in [-0.1, -0.05) is 57.2 Å². The lowest BCUT2D eigenvalue weighted by molar-refractivity contribution is -0.124. The lowest BCUT2D eigenvalue weighted by Gasteiger charge is -2.44. The van der Waals surface area contributed by atoms with Gasteiger partial charge in [-0.25, -0.2) is 0 Å². The highest BCUT2D eigenvalue weighted by atomic mass is 16.3. The molecule has 7 atom stereocenters. The number of carbonyl (C=O) groups excluding carboxylic acids is 1. The zero-order chi connectivity index (χ0) is 26.1. The van der Waals surface area contributed by atoms with Crippen molar-refractivity contribution in [2.75, 3.05) is 0 Å². The van der Waals surface area contributed by atoms with E-state index in [4.69, 9.17) is 0 Å². The van der Waals surface area contributed by atoms with E-state index in [2.05, 4.69) is 38.7 Å². The molecule has 36 heavy (non-hydrogen) atoms. The summed E-state index contributed by atoms with van der Waals surface area (Å²) in [6.45, 7) is 10.8. The highest BCUT2D eigenvalue weighted by Gasteiger charge is 2.50. The second-order valence-corrected chi connectivity index (χ2v) is 12.6. The van der Waals surface area contributed by atoms with E-state index in [1.54, 1.807) is 0 Å². The molecule has 4 heteroatoms. The maximum atomic E-state index is 12.2. The summed E-state index contributed by atoms with van der Waals surface area (Å²) >= 11 is 0. The van der Waals surface area contributed by atoms with Crippen LogP contribution in [0.2, 0.25) is 0 Å². The molecule has 3 N–H and O–H groups in total. The molecule has 4 saturated carbocycles. The van der Waals surface area contributed by atoms with E-state index in [1.165, 1.54) is 31.3 Å². The van der Waals surface area contributed by atoms with Crippen LogP contribution in [0, 0.1) is 28.6 Å². The molecular formula is C32H48O4. The van der Waals surface area contributed by atoms with Crippen molar-refractivity contribution in [1.82, 2.24) is 0 Å². The number of rotatable bonds is 9. The zero-order valence-electron chi connectivity index (χ0n) is 22.7. The van der Waals surface area contributed by atoms with Gasteiger partial charge in [-0.05, 0) is 98.5 Å². The van der Waals surface area contributed by atoms with Crippen molar-refractivity contribution >= 4 is 5.78 Å². The topological polar surface area (TPSA) is 77.8 Å². The van der Waals surface area contributed by atoms with Gasteiger partial charge in [0.05, 0.1) is 18.3 Å². The quantitative estimate of drug-likeness (QED) is 0.331. The zero-order valence-corrected chi connectivity index (χ0v) is 22.7. The van der Waals surface area contributed by atoms with Gasteiger partial charge < -0.3 is 15.3 Å². The lowest BCUT2D eigenvalue weighted by atomic mass is 9.61. The van der Waals surface area contributed by atoms with Crippen LogP contribution in [0.25, 0.3) is 0 Å². The van der Waals surface area contributed by atoms with E-state index in [0.717, 1.165) is 36.8 Å². The SMILES string of the molecule is C=C1/C(=C\C=C2/CCC[C@]3(C)[C@@H]([C@H](C)/C=C/[C@H](O)CCC4(C(=O)CC)CC4)CC[C@@H]23)C[C@@H](O)C[C@@H]1O. The summed E-state index contributed by atoms with van der Waals surface area (Å²) < 4.78 is 0. The monoisotopic (exact) mass is 496 g/mol. The summed E-state index contributed by atoms with van der Waals surface area (Å²) in [6.07, 6.45) is 18.0. The van der Waals surface area contributed by atoms with Crippen molar-refractivity contribution in [3.8, 4) is 0 Å². The largest absolute Gasteiger partial charge is 0.393 e. The Labute approximate surface area is 218 Å². The molecule has 0 amide bonds. The van der Waals surface area contributed by atoms with Gasteiger partial charge in [-0.3, -0.25) is 4.79 Å². The van der Waals surface area contributed by atoms with Crippen molar-refractivity contribution in [3.05, 3.63) is 47.6 Å². The Kier molecular flexibility index (Phi) is 8.49. The van der Waals surface area contributed by atoms with E-state index in [-0.39, 0.29) is 10.8 Å². The summed E-state index contributed by atoms with van der Waals surface area (Å²) in [7, 11) is 0. The Bertz CT molecular complexity index is 922. The van der Waals surface area contributed by atoms with E-state index >= 15 is 0 Å². The summed E-state index contributed by atoms with van der Waals surface area (Å²) in [5.41, 5.74) is 3.37. The van der Waals surface area contributed by atoms with E-state index in [9.17, 15) is 20.1 Å². The number of aliphatic hydroxyl groups is 3. The summed E-state index contributed by atoms with van der Waals surface area (Å²) in [6, 6.07) is 0. The molecule has 0 aromatic rings. The van der Waals surface area contributed by atoms with Crippen LogP contribution in [0.15, 0.2) is 47.6 Å². The van der Waals surface area contributed by atoms with Crippen LogP contribution in [0.5, 0.6) is 0 Å². The normalized spacial score (nSPS) is 37.9. The standard InChI is InChI=1S/C32H48O4/c1-5-30(36)32(17-18-32)16-14-25(33)11-8-21(2)27-12-13-28-23(7-6-15-31(27,28)4)9-10-24-19-26(34)20-29(35)22(24)3/h8-11,21,25-29,33-35H,3,5-7,12-20H2,1-2,4H3/b11-8+,23-9+,24-10-/t21-,25+,26-,27-,28+,29+,31-/m1/s1. The summed E-state index contributed by atoms with van der Waals surface area (Å²) in [5, 5.41) is 30.9. The molecule has 4 rings (SSSR count). The second-order valence-electron chi connectivity index (χ2n) is 12.6. The first-order valence-corrected chi connectivity index (χ1v) is 14.4. The lowest BCUT2D eigenvalue weighted by Crippen LogP contribution is -2.35. The first-order valence-electron chi connectivity index (χ1n) is 14.4. The molecule has 200 valence electrons. The van der Waals surface area contributed by atoms with Gasteiger partial charge in [0, 0.05) is 18.3 Å². The maximum Gasteiger partial charge on any atom is 0.138 e. The van der Waals surface area contributed by atoms with Gasteiger partial charge >= 0.3 is 0 Å². The Morgan fingerprint density at radius 2 is 1.92 bits per heavy atom. The first kappa shape index (κ1) is 27.5. The van der Waals surface area contributed by atoms with Gasteiger partial charge in [0.15, 0.2) is 0 Å². The minimum absolute atomic E-state index is 0.123. The average molecular weight is 497 g/mol. The molecule has 4 nitrogen and oxygen atoms in total. The van der Waals surface area contributed by atoms with Gasteiger partial charge in [-0.15, -0.1) is 0 Å². The summed E-state index contributed by atoms with van der Waals surface area (Å²) in [4.78, 5) is 12.2. The number of ketones is 1. The van der Waals surface area contributed by atoms with Crippen LogP contribution in [-0.4, -0.2) is 39.4 Å². The van der Waals surface area contributed by atoms with Crippen molar-refractivity contribution in [3.63, 3.8) is 0 Å². The molecule has 4 fully saturated rings.